The molecule has 104 valence electrons. The molecule has 1 atom stereocenters. The maximum absolute atomic E-state index is 11.9. The Labute approximate surface area is 119 Å². The van der Waals surface area contributed by atoms with E-state index < -0.39 is 0 Å². The summed E-state index contributed by atoms with van der Waals surface area (Å²) in [4.78, 5) is 13.8. The van der Waals surface area contributed by atoms with Crippen molar-refractivity contribution in [1.29, 1.82) is 0 Å². The zero-order valence-electron chi connectivity index (χ0n) is 11.5. The van der Waals surface area contributed by atoms with Crippen molar-refractivity contribution in [2.45, 2.75) is 19.8 Å². The number of rotatable bonds is 5. The van der Waals surface area contributed by atoms with Gasteiger partial charge in [-0.25, -0.2) is 0 Å². The average molecular weight is 282 g/mol. The molecule has 0 radical (unpaired) electrons. The van der Waals surface area contributed by atoms with E-state index in [2.05, 4.69) is 6.07 Å². The average Bonchev–Trinajstić information content (AvgIpc) is 2.73. The van der Waals surface area contributed by atoms with Crippen molar-refractivity contribution < 1.29 is 9.53 Å². The Balaban J connectivity index is 1.97. The summed E-state index contributed by atoms with van der Waals surface area (Å²) >= 11 is 6.13. The van der Waals surface area contributed by atoms with Crippen molar-refractivity contribution in [3.8, 4) is 0 Å². The molecular formula is C15H20ClNO2. The highest BCUT2D eigenvalue weighted by molar-refractivity contribution is 6.31. The smallest absolute Gasteiger partial charge is 0.223 e. The molecule has 0 aromatic heterocycles. The molecule has 0 saturated carbocycles. The fourth-order valence-electron chi connectivity index (χ4n) is 2.59. The first kappa shape index (κ1) is 14.4. The minimum atomic E-state index is 0.238. The van der Waals surface area contributed by atoms with Gasteiger partial charge < -0.3 is 9.64 Å². The van der Waals surface area contributed by atoms with E-state index in [9.17, 15) is 4.79 Å². The summed E-state index contributed by atoms with van der Waals surface area (Å²) in [6.45, 7) is 4.17. The van der Waals surface area contributed by atoms with Crippen LogP contribution in [0.1, 0.15) is 17.5 Å². The highest BCUT2D eigenvalue weighted by atomic mass is 35.5. The van der Waals surface area contributed by atoms with E-state index >= 15 is 0 Å². The first-order chi connectivity index (χ1) is 9.11. The highest BCUT2D eigenvalue weighted by Crippen LogP contribution is 2.26. The minimum absolute atomic E-state index is 0.238. The second kappa shape index (κ2) is 6.40. The van der Waals surface area contributed by atoms with Crippen LogP contribution in [0.25, 0.3) is 0 Å². The van der Waals surface area contributed by atoms with Gasteiger partial charge in [0.1, 0.15) is 0 Å². The predicted octanol–water partition coefficient (Wildman–Crippen LogP) is 2.69. The molecule has 4 heteroatoms. The van der Waals surface area contributed by atoms with Gasteiger partial charge in [-0.1, -0.05) is 23.7 Å². The fourth-order valence-corrected chi connectivity index (χ4v) is 2.79. The van der Waals surface area contributed by atoms with Crippen LogP contribution in [0.4, 0.5) is 0 Å². The lowest BCUT2D eigenvalue weighted by molar-refractivity contribution is -0.128. The number of carbonyl (C=O) groups excluding carboxylic acids is 1. The summed E-state index contributed by atoms with van der Waals surface area (Å²) in [6, 6.07) is 5.98. The standard InChI is InChI=1S/C15H20ClNO2/c1-11-13(4-3-5-14(11)16)8-12-9-15(18)17(10-12)6-7-19-2/h3-5,12H,6-10H2,1-2H3/t12-/m0/s1. The summed E-state index contributed by atoms with van der Waals surface area (Å²) in [5.74, 6) is 0.628. The van der Waals surface area contributed by atoms with Crippen molar-refractivity contribution in [1.82, 2.24) is 4.90 Å². The monoisotopic (exact) mass is 281 g/mol. The second-order valence-electron chi connectivity index (χ2n) is 5.13. The lowest BCUT2D eigenvalue weighted by atomic mass is 9.95. The first-order valence-corrected chi connectivity index (χ1v) is 7.00. The third-order valence-electron chi connectivity index (χ3n) is 3.75. The van der Waals surface area contributed by atoms with E-state index in [1.165, 1.54) is 5.56 Å². The van der Waals surface area contributed by atoms with Gasteiger partial charge in [0.2, 0.25) is 5.91 Å². The first-order valence-electron chi connectivity index (χ1n) is 6.62. The largest absolute Gasteiger partial charge is 0.383 e. The molecule has 1 aliphatic heterocycles. The number of likely N-dealkylation sites (tertiary alicyclic amines) is 1. The molecule has 1 amide bonds. The van der Waals surface area contributed by atoms with Crippen LogP contribution in [0.15, 0.2) is 18.2 Å². The van der Waals surface area contributed by atoms with Crippen LogP contribution in [0.3, 0.4) is 0 Å². The number of amides is 1. The predicted molar refractivity (Wildman–Crippen MR) is 76.5 cm³/mol. The third-order valence-corrected chi connectivity index (χ3v) is 4.16. The Bertz CT molecular complexity index is 461. The molecule has 3 nitrogen and oxygen atoms in total. The molecule has 0 bridgehead atoms. The van der Waals surface area contributed by atoms with Crippen molar-refractivity contribution in [3.05, 3.63) is 34.3 Å². The Hall–Kier alpha value is -1.06. The van der Waals surface area contributed by atoms with Crippen LogP contribution in [0.2, 0.25) is 5.02 Å². The molecule has 0 spiro atoms. The van der Waals surface area contributed by atoms with Gasteiger partial charge in [0.15, 0.2) is 0 Å². The van der Waals surface area contributed by atoms with Crippen molar-refractivity contribution in [2.75, 3.05) is 26.8 Å². The zero-order valence-corrected chi connectivity index (χ0v) is 12.2. The molecule has 1 aliphatic rings. The molecule has 1 heterocycles. The van der Waals surface area contributed by atoms with Gasteiger partial charge in [-0.3, -0.25) is 4.79 Å². The molecule has 1 aromatic rings. The highest BCUT2D eigenvalue weighted by Gasteiger charge is 2.29. The molecule has 0 aliphatic carbocycles. The van der Waals surface area contributed by atoms with E-state index in [1.54, 1.807) is 7.11 Å². The maximum Gasteiger partial charge on any atom is 0.223 e. The van der Waals surface area contributed by atoms with Crippen LogP contribution >= 0.6 is 11.6 Å². The molecular weight excluding hydrogens is 262 g/mol. The van der Waals surface area contributed by atoms with E-state index in [4.69, 9.17) is 16.3 Å². The number of hydrogen-bond acceptors (Lipinski definition) is 2. The van der Waals surface area contributed by atoms with Crippen molar-refractivity contribution in [3.63, 3.8) is 0 Å². The maximum atomic E-state index is 11.9. The molecule has 2 rings (SSSR count). The summed E-state index contributed by atoms with van der Waals surface area (Å²) in [7, 11) is 1.66. The van der Waals surface area contributed by atoms with Gasteiger partial charge in [0, 0.05) is 31.6 Å². The minimum Gasteiger partial charge on any atom is -0.383 e. The van der Waals surface area contributed by atoms with E-state index in [0.29, 0.717) is 25.5 Å². The quantitative estimate of drug-likeness (QED) is 0.830. The van der Waals surface area contributed by atoms with E-state index in [0.717, 1.165) is 23.6 Å². The van der Waals surface area contributed by atoms with Gasteiger partial charge in [-0.05, 0) is 36.5 Å². The zero-order chi connectivity index (χ0) is 13.8. The number of nitrogens with zero attached hydrogens (tertiary/aromatic N) is 1. The Kier molecular flexibility index (Phi) is 4.83. The summed E-state index contributed by atoms with van der Waals surface area (Å²) < 4.78 is 5.03. The van der Waals surface area contributed by atoms with Crippen LogP contribution in [-0.4, -0.2) is 37.6 Å². The Morgan fingerprint density at radius 1 is 1.47 bits per heavy atom. The lowest BCUT2D eigenvalue weighted by Crippen LogP contribution is -2.28. The van der Waals surface area contributed by atoms with Crippen LogP contribution in [-0.2, 0) is 16.0 Å². The van der Waals surface area contributed by atoms with Crippen molar-refractivity contribution in [2.24, 2.45) is 5.92 Å². The SMILES string of the molecule is COCCN1C[C@@H](Cc2cccc(Cl)c2C)CC1=O. The van der Waals surface area contributed by atoms with E-state index in [-0.39, 0.29) is 5.91 Å². The van der Waals surface area contributed by atoms with Gasteiger partial charge in [0.25, 0.3) is 0 Å². The van der Waals surface area contributed by atoms with Gasteiger partial charge in [0.05, 0.1) is 6.61 Å². The number of ether oxygens (including phenoxy) is 1. The molecule has 0 unspecified atom stereocenters. The summed E-state index contributed by atoms with van der Waals surface area (Å²) in [6.07, 6.45) is 1.55. The topological polar surface area (TPSA) is 29.5 Å². The number of carbonyl (C=O) groups is 1. The van der Waals surface area contributed by atoms with Gasteiger partial charge in [-0.15, -0.1) is 0 Å². The molecule has 1 saturated heterocycles. The lowest BCUT2D eigenvalue weighted by Gasteiger charge is -2.16. The van der Waals surface area contributed by atoms with Crippen LogP contribution in [0.5, 0.6) is 0 Å². The number of hydrogen-bond donors (Lipinski definition) is 0. The Morgan fingerprint density at radius 2 is 2.26 bits per heavy atom. The second-order valence-corrected chi connectivity index (χ2v) is 5.54. The third kappa shape index (κ3) is 3.48. The number of benzene rings is 1. The summed E-state index contributed by atoms with van der Waals surface area (Å²) in [5, 5.41) is 0.804. The fraction of sp³-hybridized carbons (Fsp3) is 0.533. The van der Waals surface area contributed by atoms with Gasteiger partial charge in [-0.2, -0.15) is 0 Å². The number of methoxy groups -OCH3 is 1. The van der Waals surface area contributed by atoms with E-state index in [1.807, 2.05) is 24.0 Å². The summed E-state index contributed by atoms with van der Waals surface area (Å²) in [5.41, 5.74) is 2.38. The Morgan fingerprint density at radius 3 is 3.00 bits per heavy atom. The van der Waals surface area contributed by atoms with Crippen LogP contribution < -0.4 is 0 Å². The van der Waals surface area contributed by atoms with Crippen molar-refractivity contribution >= 4 is 17.5 Å². The molecule has 0 N–H and O–H groups in total. The molecule has 19 heavy (non-hydrogen) atoms. The number of halogens is 1. The normalized spacial score (nSPS) is 19.2. The van der Waals surface area contributed by atoms with Gasteiger partial charge >= 0.3 is 0 Å². The molecule has 1 fully saturated rings. The van der Waals surface area contributed by atoms with Crippen LogP contribution in [0, 0.1) is 12.8 Å². The molecule has 1 aromatic carbocycles.